The molecule has 0 aliphatic heterocycles. The van der Waals surface area contributed by atoms with Crippen molar-refractivity contribution in [2.75, 3.05) is 5.75 Å². The molecular weight excluding hydrogens is 258 g/mol. The van der Waals surface area contributed by atoms with Crippen molar-refractivity contribution in [3.8, 4) is 0 Å². The first-order valence-electron chi connectivity index (χ1n) is 7.11. The van der Waals surface area contributed by atoms with E-state index in [0.29, 0.717) is 6.42 Å². The largest absolute Gasteiger partial charge is 0.323 e. The summed E-state index contributed by atoms with van der Waals surface area (Å²) >= 11 is 0. The number of rotatable bonds is 5. The van der Waals surface area contributed by atoms with Gasteiger partial charge in [-0.25, -0.2) is 8.42 Å². The van der Waals surface area contributed by atoms with E-state index in [1.165, 1.54) is 5.56 Å². The van der Waals surface area contributed by atoms with Gasteiger partial charge in [0.15, 0.2) is 9.84 Å². The topological polar surface area (TPSA) is 60.2 Å². The Morgan fingerprint density at radius 3 is 2.74 bits per heavy atom. The molecule has 19 heavy (non-hydrogen) atoms. The molecule has 2 unspecified atom stereocenters. The van der Waals surface area contributed by atoms with Crippen LogP contribution in [-0.2, 0) is 16.3 Å². The van der Waals surface area contributed by atoms with Gasteiger partial charge in [-0.1, -0.05) is 44.0 Å². The molecule has 4 heteroatoms. The number of fused-ring (bicyclic) bond motifs is 1. The zero-order valence-electron chi connectivity index (χ0n) is 11.5. The van der Waals surface area contributed by atoms with Crippen molar-refractivity contribution in [3.63, 3.8) is 0 Å². The van der Waals surface area contributed by atoms with Crippen LogP contribution in [-0.4, -0.2) is 19.4 Å². The summed E-state index contributed by atoms with van der Waals surface area (Å²) in [7, 11) is -3.07. The minimum absolute atomic E-state index is 0.279. The van der Waals surface area contributed by atoms with Gasteiger partial charge in [-0.2, -0.15) is 0 Å². The lowest BCUT2D eigenvalue weighted by Gasteiger charge is -2.30. The molecular formula is C15H23NO2S. The average molecular weight is 281 g/mol. The molecule has 0 heterocycles. The van der Waals surface area contributed by atoms with Crippen LogP contribution in [0.2, 0.25) is 0 Å². The minimum Gasteiger partial charge on any atom is -0.323 e. The zero-order chi connectivity index (χ0) is 13.9. The van der Waals surface area contributed by atoms with Gasteiger partial charge in [-0.05, 0) is 30.4 Å². The summed E-state index contributed by atoms with van der Waals surface area (Å²) in [5.74, 6) is 0.279. The van der Waals surface area contributed by atoms with Crippen LogP contribution in [0.5, 0.6) is 0 Å². The number of hydrogen-bond acceptors (Lipinski definition) is 3. The van der Waals surface area contributed by atoms with Crippen LogP contribution in [0.3, 0.4) is 0 Å². The number of aryl methyl sites for hydroxylation is 1. The van der Waals surface area contributed by atoms with Gasteiger partial charge in [0, 0.05) is 6.04 Å². The molecule has 1 aliphatic rings. The Hall–Kier alpha value is -0.870. The van der Waals surface area contributed by atoms with Gasteiger partial charge in [0.05, 0.1) is 11.0 Å². The minimum atomic E-state index is -3.07. The molecule has 0 amide bonds. The highest BCUT2D eigenvalue weighted by molar-refractivity contribution is 7.92. The van der Waals surface area contributed by atoms with Gasteiger partial charge < -0.3 is 5.73 Å². The molecule has 1 aliphatic carbocycles. The zero-order valence-corrected chi connectivity index (χ0v) is 12.3. The summed E-state index contributed by atoms with van der Waals surface area (Å²) in [6.45, 7) is 2.08. The second-order valence-electron chi connectivity index (χ2n) is 5.38. The van der Waals surface area contributed by atoms with Crippen molar-refractivity contribution in [1.82, 2.24) is 0 Å². The second kappa shape index (κ2) is 6.06. The third-order valence-corrected chi connectivity index (χ3v) is 6.32. The molecule has 0 spiro atoms. The Morgan fingerprint density at radius 2 is 2.00 bits per heavy atom. The van der Waals surface area contributed by atoms with E-state index in [-0.39, 0.29) is 11.8 Å². The van der Waals surface area contributed by atoms with E-state index in [1.807, 2.05) is 18.2 Å². The predicted octanol–water partition coefficient (Wildman–Crippen LogP) is 2.61. The summed E-state index contributed by atoms with van der Waals surface area (Å²) in [5, 5.41) is -0.403. The molecule has 0 bridgehead atoms. The van der Waals surface area contributed by atoms with Gasteiger partial charge in [-0.3, -0.25) is 0 Å². The molecule has 3 nitrogen and oxygen atoms in total. The molecule has 2 atom stereocenters. The molecule has 1 aromatic carbocycles. The smallest absolute Gasteiger partial charge is 0.155 e. The quantitative estimate of drug-likeness (QED) is 0.844. The molecule has 0 aromatic heterocycles. The molecule has 2 N–H and O–H groups in total. The van der Waals surface area contributed by atoms with E-state index < -0.39 is 15.1 Å². The fourth-order valence-electron chi connectivity index (χ4n) is 2.87. The second-order valence-corrected chi connectivity index (χ2v) is 7.72. The number of benzene rings is 1. The summed E-state index contributed by atoms with van der Waals surface area (Å²) < 4.78 is 24.8. The van der Waals surface area contributed by atoms with Gasteiger partial charge >= 0.3 is 0 Å². The Bertz CT molecular complexity index is 525. The fourth-order valence-corrected chi connectivity index (χ4v) is 4.85. The lowest BCUT2D eigenvalue weighted by Crippen LogP contribution is -2.38. The highest BCUT2D eigenvalue weighted by Crippen LogP contribution is 2.32. The maximum Gasteiger partial charge on any atom is 0.155 e. The van der Waals surface area contributed by atoms with Crippen molar-refractivity contribution in [2.24, 2.45) is 5.73 Å². The molecule has 0 saturated carbocycles. The SMILES string of the molecule is CCCCCS(=O)(=O)C1CCc2ccccc2C1N. The van der Waals surface area contributed by atoms with E-state index in [9.17, 15) is 8.42 Å². The Balaban J connectivity index is 2.15. The van der Waals surface area contributed by atoms with Crippen molar-refractivity contribution in [3.05, 3.63) is 35.4 Å². The third-order valence-electron chi connectivity index (χ3n) is 4.01. The monoisotopic (exact) mass is 281 g/mol. The van der Waals surface area contributed by atoms with Crippen molar-refractivity contribution in [1.29, 1.82) is 0 Å². The first-order valence-corrected chi connectivity index (χ1v) is 8.82. The van der Waals surface area contributed by atoms with E-state index >= 15 is 0 Å². The molecule has 106 valence electrons. The summed E-state index contributed by atoms with van der Waals surface area (Å²) in [6, 6.07) is 7.58. The van der Waals surface area contributed by atoms with Gasteiger partial charge in [0.25, 0.3) is 0 Å². The average Bonchev–Trinajstić information content (AvgIpc) is 2.39. The van der Waals surface area contributed by atoms with E-state index in [4.69, 9.17) is 5.73 Å². The first kappa shape index (κ1) is 14.5. The summed E-state index contributed by atoms with van der Waals surface area (Å²) in [6.07, 6.45) is 4.24. The summed E-state index contributed by atoms with van der Waals surface area (Å²) in [4.78, 5) is 0. The van der Waals surface area contributed by atoms with Crippen LogP contribution in [0.4, 0.5) is 0 Å². The van der Waals surface area contributed by atoms with Crippen molar-refractivity contribution < 1.29 is 8.42 Å². The molecule has 0 fully saturated rings. The van der Waals surface area contributed by atoms with Crippen LogP contribution in [0.1, 0.15) is 49.8 Å². The number of unbranched alkanes of at least 4 members (excludes halogenated alkanes) is 2. The van der Waals surface area contributed by atoms with E-state index in [1.54, 1.807) is 0 Å². The Kier molecular flexibility index (Phi) is 4.63. The molecule has 0 radical (unpaired) electrons. The highest BCUT2D eigenvalue weighted by Gasteiger charge is 2.35. The number of nitrogens with two attached hydrogens (primary N) is 1. The van der Waals surface area contributed by atoms with Crippen LogP contribution >= 0.6 is 0 Å². The van der Waals surface area contributed by atoms with Crippen LogP contribution in [0.25, 0.3) is 0 Å². The van der Waals surface area contributed by atoms with Gasteiger partial charge in [-0.15, -0.1) is 0 Å². The van der Waals surface area contributed by atoms with Crippen LogP contribution in [0, 0.1) is 0 Å². The molecule has 0 saturated heterocycles. The predicted molar refractivity (Wildman–Crippen MR) is 78.8 cm³/mol. The van der Waals surface area contributed by atoms with Gasteiger partial charge in [0.2, 0.25) is 0 Å². The molecule has 1 aromatic rings. The fraction of sp³-hybridized carbons (Fsp3) is 0.600. The lowest BCUT2D eigenvalue weighted by molar-refractivity contribution is 0.518. The van der Waals surface area contributed by atoms with Crippen LogP contribution < -0.4 is 5.73 Å². The normalized spacial score (nSPS) is 23.1. The maximum absolute atomic E-state index is 12.4. The summed E-state index contributed by atoms with van der Waals surface area (Å²) in [5.41, 5.74) is 8.42. The van der Waals surface area contributed by atoms with Crippen molar-refractivity contribution >= 4 is 9.84 Å². The number of hydrogen-bond donors (Lipinski definition) is 1. The van der Waals surface area contributed by atoms with Crippen molar-refractivity contribution in [2.45, 2.75) is 50.3 Å². The Morgan fingerprint density at radius 1 is 1.26 bits per heavy atom. The number of sulfone groups is 1. The molecule has 2 rings (SSSR count). The van der Waals surface area contributed by atoms with E-state index in [0.717, 1.165) is 31.2 Å². The lowest BCUT2D eigenvalue weighted by atomic mass is 9.88. The maximum atomic E-state index is 12.4. The standard InChI is InChI=1S/C15H23NO2S/c1-2-3-6-11-19(17,18)14-10-9-12-7-4-5-8-13(12)15(14)16/h4-5,7-8,14-15H,2-3,6,9-11,16H2,1H3. The van der Waals surface area contributed by atoms with Gasteiger partial charge in [0.1, 0.15) is 0 Å². The van der Waals surface area contributed by atoms with E-state index in [2.05, 4.69) is 13.0 Å². The third kappa shape index (κ3) is 3.18. The highest BCUT2D eigenvalue weighted by atomic mass is 32.2. The van der Waals surface area contributed by atoms with Crippen LogP contribution in [0.15, 0.2) is 24.3 Å². The Labute approximate surface area is 116 Å². The first-order chi connectivity index (χ1) is 9.06.